The van der Waals surface area contributed by atoms with E-state index >= 15 is 0 Å². The first-order valence-electron chi connectivity index (χ1n) is 5.61. The Bertz CT molecular complexity index is 377. The average Bonchev–Trinajstić information content (AvgIpc) is 2.38. The van der Waals surface area contributed by atoms with E-state index in [4.69, 9.17) is 9.47 Å². The maximum absolute atomic E-state index is 5.38. The molecule has 1 aromatic carbocycles. The van der Waals surface area contributed by atoms with Gasteiger partial charge >= 0.3 is 0 Å². The predicted octanol–water partition coefficient (Wildman–Crippen LogP) is 2.68. The van der Waals surface area contributed by atoms with Crippen molar-refractivity contribution in [2.45, 2.75) is 19.3 Å². The number of ether oxygens (including phenoxy) is 2. The summed E-state index contributed by atoms with van der Waals surface area (Å²) >= 11 is 0. The van der Waals surface area contributed by atoms with Crippen molar-refractivity contribution in [3.63, 3.8) is 0 Å². The number of methoxy groups -OCH3 is 2. The number of hydrogen-bond acceptors (Lipinski definition) is 3. The SMILES string of the molecule is COc1cccc(OC)c1C1=NCCCC1. The number of benzene rings is 1. The van der Waals surface area contributed by atoms with Gasteiger partial charge in [-0.25, -0.2) is 0 Å². The van der Waals surface area contributed by atoms with Gasteiger partial charge in [0.15, 0.2) is 0 Å². The molecule has 0 aromatic heterocycles. The molecule has 0 saturated carbocycles. The standard InChI is InChI=1S/C13H17NO2/c1-15-11-7-5-8-12(16-2)13(11)10-6-3-4-9-14-10/h5,7-8H,3-4,6,9H2,1-2H3. The van der Waals surface area contributed by atoms with E-state index in [1.807, 2.05) is 18.2 Å². The highest BCUT2D eigenvalue weighted by molar-refractivity contribution is 6.05. The molecule has 1 aliphatic rings. The maximum atomic E-state index is 5.38. The topological polar surface area (TPSA) is 30.8 Å². The van der Waals surface area contributed by atoms with Crippen LogP contribution in [0.5, 0.6) is 11.5 Å². The molecule has 0 amide bonds. The van der Waals surface area contributed by atoms with Gasteiger partial charge in [0.05, 0.1) is 19.8 Å². The summed E-state index contributed by atoms with van der Waals surface area (Å²) in [6.45, 7) is 0.913. The molecule has 0 atom stereocenters. The van der Waals surface area contributed by atoms with Crippen molar-refractivity contribution >= 4 is 5.71 Å². The Kier molecular flexibility index (Phi) is 3.44. The Morgan fingerprint density at radius 2 is 1.75 bits per heavy atom. The minimum absolute atomic E-state index is 0.847. The van der Waals surface area contributed by atoms with Crippen molar-refractivity contribution in [2.24, 2.45) is 4.99 Å². The maximum Gasteiger partial charge on any atom is 0.131 e. The second-order valence-electron chi connectivity index (χ2n) is 3.82. The molecule has 0 spiro atoms. The summed E-state index contributed by atoms with van der Waals surface area (Å²) in [6, 6.07) is 5.84. The lowest BCUT2D eigenvalue weighted by atomic mass is 10.00. The van der Waals surface area contributed by atoms with Crippen LogP contribution in [0.1, 0.15) is 24.8 Å². The molecule has 86 valence electrons. The molecule has 2 rings (SSSR count). The molecule has 3 heteroatoms. The van der Waals surface area contributed by atoms with Crippen molar-refractivity contribution in [2.75, 3.05) is 20.8 Å². The van der Waals surface area contributed by atoms with Crippen LogP contribution in [0.3, 0.4) is 0 Å². The summed E-state index contributed by atoms with van der Waals surface area (Å²) in [5.74, 6) is 1.69. The van der Waals surface area contributed by atoms with Crippen LogP contribution in [0.2, 0.25) is 0 Å². The van der Waals surface area contributed by atoms with E-state index in [2.05, 4.69) is 4.99 Å². The fourth-order valence-corrected chi connectivity index (χ4v) is 2.04. The minimum Gasteiger partial charge on any atom is -0.496 e. The zero-order valence-corrected chi connectivity index (χ0v) is 9.82. The fourth-order valence-electron chi connectivity index (χ4n) is 2.04. The highest BCUT2D eigenvalue weighted by Gasteiger charge is 2.17. The summed E-state index contributed by atoms with van der Waals surface area (Å²) in [7, 11) is 3.36. The molecule has 0 fully saturated rings. The van der Waals surface area contributed by atoms with E-state index in [-0.39, 0.29) is 0 Å². The highest BCUT2D eigenvalue weighted by atomic mass is 16.5. The molecule has 1 aliphatic heterocycles. The molecule has 16 heavy (non-hydrogen) atoms. The van der Waals surface area contributed by atoms with Gasteiger partial charge in [0, 0.05) is 12.3 Å². The largest absolute Gasteiger partial charge is 0.496 e. The van der Waals surface area contributed by atoms with Crippen molar-refractivity contribution in [1.29, 1.82) is 0 Å². The number of nitrogens with zero attached hydrogens (tertiary/aromatic N) is 1. The third kappa shape index (κ3) is 2.03. The Hall–Kier alpha value is -1.51. The number of rotatable bonds is 3. The van der Waals surface area contributed by atoms with Crippen LogP contribution >= 0.6 is 0 Å². The van der Waals surface area contributed by atoms with Crippen LogP contribution in [0.25, 0.3) is 0 Å². The summed E-state index contributed by atoms with van der Waals surface area (Å²) in [5.41, 5.74) is 2.13. The van der Waals surface area contributed by atoms with Crippen molar-refractivity contribution in [3.05, 3.63) is 23.8 Å². The molecule has 0 N–H and O–H groups in total. The van der Waals surface area contributed by atoms with Gasteiger partial charge in [0.25, 0.3) is 0 Å². The van der Waals surface area contributed by atoms with Gasteiger partial charge in [-0.15, -0.1) is 0 Å². The Labute approximate surface area is 96.1 Å². The molecule has 0 radical (unpaired) electrons. The van der Waals surface area contributed by atoms with E-state index in [0.717, 1.165) is 35.7 Å². The van der Waals surface area contributed by atoms with Crippen LogP contribution in [-0.2, 0) is 0 Å². The average molecular weight is 219 g/mol. The molecule has 0 bridgehead atoms. The van der Waals surface area contributed by atoms with Gasteiger partial charge in [0.1, 0.15) is 11.5 Å². The van der Waals surface area contributed by atoms with Crippen molar-refractivity contribution in [1.82, 2.24) is 0 Å². The third-order valence-electron chi connectivity index (χ3n) is 2.84. The first kappa shape index (κ1) is 11.0. The van der Waals surface area contributed by atoms with Crippen LogP contribution in [0.15, 0.2) is 23.2 Å². The summed E-state index contributed by atoms with van der Waals surface area (Å²) < 4.78 is 10.8. The normalized spacial score (nSPS) is 15.5. The summed E-state index contributed by atoms with van der Waals surface area (Å²) in [6.07, 6.45) is 3.39. The highest BCUT2D eigenvalue weighted by Crippen LogP contribution is 2.31. The third-order valence-corrected chi connectivity index (χ3v) is 2.84. The smallest absolute Gasteiger partial charge is 0.131 e. The van der Waals surface area contributed by atoms with E-state index in [1.165, 1.54) is 12.8 Å². The Morgan fingerprint density at radius 3 is 2.25 bits per heavy atom. The van der Waals surface area contributed by atoms with E-state index in [0.29, 0.717) is 0 Å². The quantitative estimate of drug-likeness (QED) is 0.782. The van der Waals surface area contributed by atoms with E-state index in [1.54, 1.807) is 14.2 Å². The number of hydrogen-bond donors (Lipinski definition) is 0. The molecule has 0 aliphatic carbocycles. The van der Waals surface area contributed by atoms with Crippen molar-refractivity contribution < 1.29 is 9.47 Å². The van der Waals surface area contributed by atoms with Crippen LogP contribution < -0.4 is 9.47 Å². The van der Waals surface area contributed by atoms with Gasteiger partial charge in [-0.05, 0) is 31.4 Å². The molecule has 3 nitrogen and oxygen atoms in total. The molecule has 0 saturated heterocycles. The van der Waals surface area contributed by atoms with E-state index < -0.39 is 0 Å². The van der Waals surface area contributed by atoms with Crippen LogP contribution in [0.4, 0.5) is 0 Å². The summed E-state index contributed by atoms with van der Waals surface area (Å²) in [4.78, 5) is 4.57. The number of aliphatic imine (C=N–C) groups is 1. The lowest BCUT2D eigenvalue weighted by Gasteiger charge is -2.17. The van der Waals surface area contributed by atoms with Gasteiger partial charge in [-0.1, -0.05) is 6.07 Å². The van der Waals surface area contributed by atoms with Gasteiger partial charge in [-0.2, -0.15) is 0 Å². The van der Waals surface area contributed by atoms with Gasteiger partial charge in [0.2, 0.25) is 0 Å². The molecular formula is C13H17NO2. The fraction of sp³-hybridized carbons (Fsp3) is 0.462. The molecule has 1 aromatic rings. The second-order valence-corrected chi connectivity index (χ2v) is 3.82. The molecular weight excluding hydrogens is 202 g/mol. The zero-order chi connectivity index (χ0) is 11.4. The lowest BCUT2D eigenvalue weighted by Crippen LogP contribution is -2.10. The molecule has 0 unspecified atom stereocenters. The van der Waals surface area contributed by atoms with Crippen LogP contribution in [-0.4, -0.2) is 26.5 Å². The minimum atomic E-state index is 0.847. The van der Waals surface area contributed by atoms with Crippen LogP contribution in [0, 0.1) is 0 Å². The van der Waals surface area contributed by atoms with E-state index in [9.17, 15) is 0 Å². The zero-order valence-electron chi connectivity index (χ0n) is 9.82. The Balaban J connectivity index is 2.47. The first-order chi connectivity index (χ1) is 7.86. The predicted molar refractivity (Wildman–Crippen MR) is 64.8 cm³/mol. The summed E-state index contributed by atoms with van der Waals surface area (Å²) in [5, 5.41) is 0. The van der Waals surface area contributed by atoms with Gasteiger partial charge < -0.3 is 9.47 Å². The Morgan fingerprint density at radius 1 is 1.06 bits per heavy atom. The lowest BCUT2D eigenvalue weighted by molar-refractivity contribution is 0.392. The van der Waals surface area contributed by atoms with Gasteiger partial charge in [-0.3, -0.25) is 4.99 Å². The monoisotopic (exact) mass is 219 g/mol. The molecule has 1 heterocycles. The van der Waals surface area contributed by atoms with Crippen molar-refractivity contribution in [3.8, 4) is 11.5 Å². The second kappa shape index (κ2) is 5.01. The first-order valence-corrected chi connectivity index (χ1v) is 5.61.